The highest BCUT2D eigenvalue weighted by atomic mass is 32.1. The van der Waals surface area contributed by atoms with Crippen molar-refractivity contribution in [3.8, 4) is 0 Å². The van der Waals surface area contributed by atoms with Gasteiger partial charge in [-0.15, -0.1) is 0 Å². The maximum atomic E-state index is 12.9. The Morgan fingerprint density at radius 1 is 1.67 bits per heavy atom. The van der Waals surface area contributed by atoms with Crippen molar-refractivity contribution in [2.24, 2.45) is 0 Å². The molecular weight excluding hydrogens is 217 g/mol. The molecule has 0 aliphatic carbocycles. The molecule has 0 spiro atoms. The van der Waals surface area contributed by atoms with Crippen molar-refractivity contribution in [3.63, 3.8) is 0 Å². The number of nitrogens with zero attached hydrogens (tertiary/aromatic N) is 1. The molecule has 0 aliphatic heterocycles. The average molecular weight is 227 g/mol. The van der Waals surface area contributed by atoms with Crippen LogP contribution in [0.3, 0.4) is 0 Å². The van der Waals surface area contributed by atoms with Gasteiger partial charge in [-0.2, -0.15) is 12.6 Å². The van der Waals surface area contributed by atoms with Gasteiger partial charge in [0.15, 0.2) is 5.82 Å². The number of hydrogen-bond acceptors (Lipinski definition) is 3. The molecule has 1 N–H and O–H groups in total. The highest BCUT2D eigenvalue weighted by Crippen LogP contribution is 2.09. The second-order valence-corrected chi connectivity index (χ2v) is 3.26. The Kier molecular flexibility index (Phi) is 4.30. The first kappa shape index (κ1) is 11.7. The standard InChI is InChI=1S/C10H10FNO2S/c11-9-6-12-7(3-1-2-4-15)5-8(9)10(13)14/h1,3,5-6,15H,2,4H2,(H,13,14). The van der Waals surface area contributed by atoms with Crippen LogP contribution in [0, 0.1) is 5.82 Å². The molecule has 0 saturated carbocycles. The lowest BCUT2D eigenvalue weighted by molar-refractivity contribution is 0.0691. The van der Waals surface area contributed by atoms with Gasteiger partial charge in [0.05, 0.1) is 17.5 Å². The number of carbonyl (C=O) groups is 1. The molecule has 0 radical (unpaired) electrons. The van der Waals surface area contributed by atoms with Gasteiger partial charge >= 0.3 is 5.97 Å². The minimum atomic E-state index is -1.29. The van der Waals surface area contributed by atoms with Crippen LogP contribution in [-0.4, -0.2) is 21.8 Å². The molecular formula is C10H10FNO2S. The number of allylic oxidation sites excluding steroid dienone is 1. The van der Waals surface area contributed by atoms with Crippen LogP contribution in [0.2, 0.25) is 0 Å². The number of halogens is 1. The summed E-state index contributed by atoms with van der Waals surface area (Å²) in [6, 6.07) is 1.20. The smallest absolute Gasteiger partial charge is 0.338 e. The summed E-state index contributed by atoms with van der Waals surface area (Å²) < 4.78 is 12.9. The molecule has 0 atom stereocenters. The first-order valence-electron chi connectivity index (χ1n) is 4.31. The van der Waals surface area contributed by atoms with Crippen molar-refractivity contribution < 1.29 is 14.3 Å². The lowest BCUT2D eigenvalue weighted by atomic mass is 10.2. The fraction of sp³-hybridized carbons (Fsp3) is 0.200. The Morgan fingerprint density at radius 3 is 3.00 bits per heavy atom. The molecule has 0 fully saturated rings. The average Bonchev–Trinajstić information content (AvgIpc) is 2.20. The second-order valence-electron chi connectivity index (χ2n) is 2.81. The maximum absolute atomic E-state index is 12.9. The van der Waals surface area contributed by atoms with Crippen LogP contribution in [0.15, 0.2) is 18.3 Å². The lowest BCUT2D eigenvalue weighted by Gasteiger charge is -1.98. The Labute approximate surface area is 92.1 Å². The van der Waals surface area contributed by atoms with E-state index in [0.717, 1.165) is 12.6 Å². The zero-order valence-corrected chi connectivity index (χ0v) is 8.75. The third-order valence-corrected chi connectivity index (χ3v) is 1.95. The summed E-state index contributed by atoms with van der Waals surface area (Å²) in [5.74, 6) is -1.42. The zero-order chi connectivity index (χ0) is 11.3. The van der Waals surface area contributed by atoms with E-state index in [1.165, 1.54) is 6.07 Å². The molecule has 3 nitrogen and oxygen atoms in total. The topological polar surface area (TPSA) is 50.2 Å². The molecule has 0 aliphatic rings. The van der Waals surface area contributed by atoms with Crippen molar-refractivity contribution in [2.75, 3.05) is 5.75 Å². The van der Waals surface area contributed by atoms with E-state index in [1.54, 1.807) is 12.2 Å². The van der Waals surface area contributed by atoms with Crippen molar-refractivity contribution in [1.29, 1.82) is 0 Å². The van der Waals surface area contributed by atoms with Gasteiger partial charge in [0.1, 0.15) is 0 Å². The Hall–Kier alpha value is -1.36. The normalized spacial score (nSPS) is 10.8. The monoisotopic (exact) mass is 227 g/mol. The van der Waals surface area contributed by atoms with Crippen LogP contribution in [0.25, 0.3) is 6.08 Å². The molecule has 80 valence electrons. The van der Waals surface area contributed by atoms with Gasteiger partial charge in [0.2, 0.25) is 0 Å². The van der Waals surface area contributed by atoms with E-state index in [0.29, 0.717) is 11.4 Å². The van der Waals surface area contributed by atoms with Crippen LogP contribution >= 0.6 is 12.6 Å². The fourth-order valence-electron chi connectivity index (χ4n) is 0.988. The number of rotatable bonds is 4. The van der Waals surface area contributed by atoms with E-state index < -0.39 is 11.8 Å². The zero-order valence-electron chi connectivity index (χ0n) is 7.85. The van der Waals surface area contributed by atoms with Gasteiger partial charge in [-0.05, 0) is 24.3 Å². The molecule has 5 heteroatoms. The van der Waals surface area contributed by atoms with Crippen LogP contribution in [0.4, 0.5) is 4.39 Å². The third kappa shape index (κ3) is 3.36. The Balaban J connectivity index is 2.92. The fourth-order valence-corrected chi connectivity index (χ4v) is 1.14. The molecule has 0 saturated heterocycles. The van der Waals surface area contributed by atoms with Gasteiger partial charge in [-0.25, -0.2) is 9.18 Å². The quantitative estimate of drug-likeness (QED) is 0.776. The maximum Gasteiger partial charge on any atom is 0.338 e. The molecule has 0 unspecified atom stereocenters. The molecule has 0 amide bonds. The largest absolute Gasteiger partial charge is 0.478 e. The minimum Gasteiger partial charge on any atom is -0.478 e. The van der Waals surface area contributed by atoms with E-state index in [1.807, 2.05) is 0 Å². The first-order valence-corrected chi connectivity index (χ1v) is 4.94. The number of aromatic carboxylic acids is 1. The van der Waals surface area contributed by atoms with E-state index in [9.17, 15) is 9.18 Å². The molecule has 15 heavy (non-hydrogen) atoms. The van der Waals surface area contributed by atoms with Gasteiger partial charge in [-0.1, -0.05) is 6.08 Å². The molecule has 0 aromatic carbocycles. The predicted octanol–water partition coefficient (Wildman–Crippen LogP) is 2.25. The highest BCUT2D eigenvalue weighted by molar-refractivity contribution is 7.80. The molecule has 1 rings (SSSR count). The summed E-state index contributed by atoms with van der Waals surface area (Å²) in [6.45, 7) is 0. The molecule has 1 heterocycles. The van der Waals surface area contributed by atoms with Gasteiger partial charge in [-0.3, -0.25) is 4.98 Å². The van der Waals surface area contributed by atoms with Gasteiger partial charge < -0.3 is 5.11 Å². The molecule has 0 bridgehead atoms. The summed E-state index contributed by atoms with van der Waals surface area (Å²) in [5.41, 5.74) is 0.0612. The predicted molar refractivity (Wildman–Crippen MR) is 58.7 cm³/mol. The number of hydrogen-bond donors (Lipinski definition) is 2. The van der Waals surface area contributed by atoms with Crippen molar-refractivity contribution >= 4 is 24.7 Å². The first-order chi connectivity index (χ1) is 7.15. The summed E-state index contributed by atoms with van der Waals surface area (Å²) in [7, 11) is 0. The van der Waals surface area contributed by atoms with Crippen LogP contribution in [0.5, 0.6) is 0 Å². The van der Waals surface area contributed by atoms with Crippen molar-refractivity contribution in [3.05, 3.63) is 35.4 Å². The number of carboxylic acids is 1. The van der Waals surface area contributed by atoms with Gasteiger partial charge in [0.25, 0.3) is 0 Å². The number of thiol groups is 1. The van der Waals surface area contributed by atoms with E-state index in [-0.39, 0.29) is 5.56 Å². The molecule has 1 aromatic heterocycles. The number of pyridine rings is 1. The van der Waals surface area contributed by atoms with Crippen LogP contribution in [0.1, 0.15) is 22.5 Å². The van der Waals surface area contributed by atoms with Crippen LogP contribution in [-0.2, 0) is 0 Å². The molecule has 1 aromatic rings. The van der Waals surface area contributed by atoms with Crippen LogP contribution < -0.4 is 0 Å². The number of aromatic nitrogens is 1. The minimum absolute atomic E-state index is 0.365. The Bertz CT molecular complexity index is 393. The van der Waals surface area contributed by atoms with E-state index in [4.69, 9.17) is 5.11 Å². The summed E-state index contributed by atoms with van der Waals surface area (Å²) in [6.07, 6.45) is 5.11. The lowest BCUT2D eigenvalue weighted by Crippen LogP contribution is -2.01. The Morgan fingerprint density at radius 2 is 2.40 bits per heavy atom. The van der Waals surface area contributed by atoms with E-state index >= 15 is 0 Å². The second kappa shape index (κ2) is 5.50. The third-order valence-electron chi connectivity index (χ3n) is 1.69. The van der Waals surface area contributed by atoms with Crippen molar-refractivity contribution in [1.82, 2.24) is 4.98 Å². The summed E-state index contributed by atoms with van der Waals surface area (Å²) in [4.78, 5) is 14.3. The summed E-state index contributed by atoms with van der Waals surface area (Å²) >= 11 is 4.01. The summed E-state index contributed by atoms with van der Waals surface area (Å²) in [5, 5.41) is 8.66. The SMILES string of the molecule is O=C(O)c1cc(C=CCCS)ncc1F. The highest BCUT2D eigenvalue weighted by Gasteiger charge is 2.10. The van der Waals surface area contributed by atoms with Crippen molar-refractivity contribution in [2.45, 2.75) is 6.42 Å². The van der Waals surface area contributed by atoms with E-state index in [2.05, 4.69) is 17.6 Å². The van der Waals surface area contributed by atoms with Gasteiger partial charge in [0, 0.05) is 0 Å². The number of carboxylic acid groups (broad SMARTS) is 1.